The maximum Gasteiger partial charge on any atom is 0.211 e. The van der Waals surface area contributed by atoms with E-state index in [0.29, 0.717) is 37.4 Å². The van der Waals surface area contributed by atoms with E-state index in [-0.39, 0.29) is 5.75 Å². The van der Waals surface area contributed by atoms with Gasteiger partial charge in [0, 0.05) is 59.9 Å². The number of hydrogen-bond acceptors (Lipinski definition) is 7. The molecule has 0 amide bonds. The molecule has 4 aromatic heterocycles. The van der Waals surface area contributed by atoms with Gasteiger partial charge in [0.1, 0.15) is 11.4 Å². The van der Waals surface area contributed by atoms with Crippen molar-refractivity contribution in [3.8, 4) is 28.4 Å². The van der Waals surface area contributed by atoms with E-state index >= 15 is 0 Å². The van der Waals surface area contributed by atoms with E-state index in [9.17, 15) is 13.5 Å². The van der Waals surface area contributed by atoms with Crippen molar-refractivity contribution in [2.24, 2.45) is 0 Å². The molecule has 6 rings (SSSR count). The Hall–Kier alpha value is -3.96. The normalized spacial score (nSPS) is 15.3. The standard InChI is InChI=1S/C24H23N7O3S/c1-35(33,34)31-7-5-30(6-8-31)23-4-2-3-19-17(23)10-21(27-19)24-18-11-20(26-14-22(18)28-29-24)15-9-16(32)13-25-12-15/h2-4,9-14,27,32H,5-8H2,1H3,(H,28,29). The number of pyridine rings is 2. The van der Waals surface area contributed by atoms with Crippen LogP contribution in [0.4, 0.5) is 5.69 Å². The molecule has 0 bridgehead atoms. The number of fused-ring (bicyclic) bond motifs is 2. The summed E-state index contributed by atoms with van der Waals surface area (Å²) < 4.78 is 25.3. The van der Waals surface area contributed by atoms with Crippen molar-refractivity contribution in [2.45, 2.75) is 0 Å². The van der Waals surface area contributed by atoms with Gasteiger partial charge in [0.2, 0.25) is 10.0 Å². The van der Waals surface area contributed by atoms with Crippen molar-refractivity contribution in [3.63, 3.8) is 0 Å². The van der Waals surface area contributed by atoms with Crippen molar-refractivity contribution in [1.29, 1.82) is 0 Å². The molecule has 1 aliphatic rings. The van der Waals surface area contributed by atoms with E-state index < -0.39 is 10.0 Å². The van der Waals surface area contributed by atoms with Crippen LogP contribution in [-0.2, 0) is 10.0 Å². The zero-order valence-electron chi connectivity index (χ0n) is 18.9. The fourth-order valence-electron chi connectivity index (χ4n) is 4.65. The van der Waals surface area contributed by atoms with Crippen LogP contribution in [0.25, 0.3) is 44.5 Å². The summed E-state index contributed by atoms with van der Waals surface area (Å²) in [7, 11) is -3.18. The van der Waals surface area contributed by atoms with E-state index in [4.69, 9.17) is 0 Å². The number of anilines is 1. The number of hydrogen-bond donors (Lipinski definition) is 3. The third-order valence-electron chi connectivity index (χ3n) is 6.41. The summed E-state index contributed by atoms with van der Waals surface area (Å²) in [5, 5.41) is 19.3. The Bertz CT molecular complexity index is 1670. The highest BCUT2D eigenvalue weighted by molar-refractivity contribution is 7.88. The third kappa shape index (κ3) is 3.88. The van der Waals surface area contributed by atoms with Crippen LogP contribution < -0.4 is 4.90 Å². The first-order chi connectivity index (χ1) is 16.9. The fourth-order valence-corrected chi connectivity index (χ4v) is 5.48. The first-order valence-corrected chi connectivity index (χ1v) is 13.0. The topological polar surface area (TPSA) is 131 Å². The second-order valence-corrected chi connectivity index (χ2v) is 10.7. The molecule has 0 spiro atoms. The quantitative estimate of drug-likeness (QED) is 0.354. The number of nitrogens with zero attached hydrogens (tertiary/aromatic N) is 5. The predicted octanol–water partition coefficient (Wildman–Crippen LogP) is 2.96. The molecule has 35 heavy (non-hydrogen) atoms. The molecule has 0 radical (unpaired) electrons. The average molecular weight is 490 g/mol. The molecule has 1 aromatic carbocycles. The Labute approximate surface area is 201 Å². The van der Waals surface area contributed by atoms with Crippen LogP contribution in [0, 0.1) is 0 Å². The zero-order chi connectivity index (χ0) is 24.2. The summed E-state index contributed by atoms with van der Waals surface area (Å²) in [6, 6.07) is 11.7. The summed E-state index contributed by atoms with van der Waals surface area (Å²) in [4.78, 5) is 14.2. The Morgan fingerprint density at radius 3 is 2.57 bits per heavy atom. The molecule has 0 atom stereocenters. The SMILES string of the molecule is CS(=O)(=O)N1CCN(c2cccc3[nH]c(-c4n[nH]c5cnc(-c6cncc(O)c6)cc45)cc23)CC1. The van der Waals surface area contributed by atoms with Crippen LogP contribution in [0.5, 0.6) is 5.75 Å². The van der Waals surface area contributed by atoms with Gasteiger partial charge in [-0.2, -0.15) is 9.40 Å². The molecule has 0 aliphatic carbocycles. The molecular formula is C24H23N7O3S. The van der Waals surface area contributed by atoms with E-state index in [1.165, 1.54) is 16.8 Å². The summed E-state index contributed by atoms with van der Waals surface area (Å²) in [6.45, 7) is 2.20. The predicted molar refractivity (Wildman–Crippen MR) is 135 cm³/mol. The van der Waals surface area contributed by atoms with Crippen LogP contribution in [0.15, 0.2) is 55.0 Å². The molecule has 0 unspecified atom stereocenters. The van der Waals surface area contributed by atoms with Gasteiger partial charge in [-0.25, -0.2) is 8.42 Å². The highest BCUT2D eigenvalue weighted by Gasteiger charge is 2.25. The lowest BCUT2D eigenvalue weighted by atomic mass is 10.1. The van der Waals surface area contributed by atoms with Gasteiger partial charge in [0.05, 0.1) is 35.6 Å². The molecule has 1 saturated heterocycles. The number of sulfonamides is 1. The molecule has 3 N–H and O–H groups in total. The highest BCUT2D eigenvalue weighted by atomic mass is 32.2. The van der Waals surface area contributed by atoms with Gasteiger partial charge < -0.3 is 15.0 Å². The monoisotopic (exact) mass is 489 g/mol. The first kappa shape index (κ1) is 21.6. The minimum Gasteiger partial charge on any atom is -0.506 e. The third-order valence-corrected chi connectivity index (χ3v) is 7.71. The minimum absolute atomic E-state index is 0.0809. The number of benzene rings is 1. The lowest BCUT2D eigenvalue weighted by Gasteiger charge is -2.35. The minimum atomic E-state index is -3.18. The molecular weight excluding hydrogens is 466 g/mol. The number of rotatable bonds is 4. The second kappa shape index (κ2) is 8.07. The maximum absolute atomic E-state index is 11.9. The van der Waals surface area contributed by atoms with Crippen LogP contribution in [0.3, 0.4) is 0 Å². The van der Waals surface area contributed by atoms with Gasteiger partial charge in [-0.1, -0.05) is 6.07 Å². The van der Waals surface area contributed by atoms with Crippen molar-refractivity contribution in [1.82, 2.24) is 29.5 Å². The van der Waals surface area contributed by atoms with E-state index in [2.05, 4.69) is 42.2 Å². The van der Waals surface area contributed by atoms with Crippen LogP contribution in [-0.4, -0.2) is 75.4 Å². The summed E-state index contributed by atoms with van der Waals surface area (Å²) in [6.07, 6.45) is 6.02. The summed E-state index contributed by atoms with van der Waals surface area (Å²) in [5.41, 5.74) is 5.86. The lowest BCUT2D eigenvalue weighted by Crippen LogP contribution is -2.48. The number of H-pyrrole nitrogens is 2. The highest BCUT2D eigenvalue weighted by Crippen LogP contribution is 2.34. The largest absolute Gasteiger partial charge is 0.506 e. The Morgan fingerprint density at radius 2 is 1.80 bits per heavy atom. The molecule has 178 valence electrons. The van der Waals surface area contributed by atoms with Gasteiger partial charge >= 0.3 is 0 Å². The number of piperazine rings is 1. The Morgan fingerprint density at radius 1 is 0.971 bits per heavy atom. The van der Waals surface area contributed by atoms with Gasteiger partial charge in [0.25, 0.3) is 0 Å². The molecule has 10 nitrogen and oxygen atoms in total. The number of aromatic amines is 2. The summed E-state index contributed by atoms with van der Waals surface area (Å²) >= 11 is 0. The summed E-state index contributed by atoms with van der Waals surface area (Å²) in [5.74, 6) is 0.0809. The van der Waals surface area contributed by atoms with Crippen molar-refractivity contribution in [3.05, 3.63) is 55.0 Å². The smallest absolute Gasteiger partial charge is 0.211 e. The number of nitrogens with one attached hydrogen (secondary N) is 2. The van der Waals surface area contributed by atoms with Crippen molar-refractivity contribution in [2.75, 3.05) is 37.3 Å². The van der Waals surface area contributed by atoms with Crippen molar-refractivity contribution >= 4 is 37.5 Å². The Kier molecular flexibility index (Phi) is 4.97. The molecule has 1 aliphatic heterocycles. The van der Waals surface area contributed by atoms with E-state index in [1.54, 1.807) is 18.5 Å². The van der Waals surface area contributed by atoms with Gasteiger partial charge in [-0.15, -0.1) is 0 Å². The van der Waals surface area contributed by atoms with Gasteiger partial charge in [0.15, 0.2) is 0 Å². The van der Waals surface area contributed by atoms with Crippen LogP contribution >= 0.6 is 0 Å². The van der Waals surface area contributed by atoms with Crippen LogP contribution in [0.2, 0.25) is 0 Å². The molecule has 11 heteroatoms. The average Bonchev–Trinajstić information content (AvgIpc) is 3.47. The first-order valence-electron chi connectivity index (χ1n) is 11.2. The van der Waals surface area contributed by atoms with E-state index in [1.807, 2.05) is 18.2 Å². The second-order valence-electron chi connectivity index (χ2n) is 8.69. The molecule has 5 aromatic rings. The lowest BCUT2D eigenvalue weighted by molar-refractivity contribution is 0.388. The van der Waals surface area contributed by atoms with Gasteiger partial charge in [-0.05, 0) is 30.3 Å². The van der Waals surface area contributed by atoms with Crippen LogP contribution in [0.1, 0.15) is 0 Å². The molecule has 1 fully saturated rings. The molecule has 0 saturated carbocycles. The zero-order valence-corrected chi connectivity index (χ0v) is 19.7. The van der Waals surface area contributed by atoms with Gasteiger partial charge in [-0.3, -0.25) is 15.1 Å². The van der Waals surface area contributed by atoms with E-state index in [0.717, 1.165) is 38.9 Å². The Balaban J connectivity index is 1.38. The fraction of sp³-hybridized carbons (Fsp3) is 0.208. The number of aromatic hydroxyl groups is 1. The number of aromatic nitrogens is 5. The molecule has 5 heterocycles. The van der Waals surface area contributed by atoms with Crippen molar-refractivity contribution < 1.29 is 13.5 Å². The maximum atomic E-state index is 11.9.